The maximum atomic E-state index is 13.2. The van der Waals surface area contributed by atoms with Gasteiger partial charge in [-0.25, -0.2) is 8.42 Å². The second-order valence-electron chi connectivity index (χ2n) is 8.84. The van der Waals surface area contributed by atoms with Gasteiger partial charge in [-0.05, 0) is 48.0 Å². The van der Waals surface area contributed by atoms with Crippen molar-refractivity contribution in [3.63, 3.8) is 0 Å². The molecule has 0 aliphatic heterocycles. The van der Waals surface area contributed by atoms with E-state index in [4.69, 9.17) is 11.5 Å². The number of nitrogens with two attached hydrogens (primary N) is 2. The number of hydrogen-bond acceptors (Lipinski definition) is 6. The summed E-state index contributed by atoms with van der Waals surface area (Å²) in [5.74, 6) is -3.38. The van der Waals surface area contributed by atoms with Crippen LogP contribution in [0.5, 0.6) is 0 Å². The fourth-order valence-electron chi connectivity index (χ4n) is 4.00. The standard InChI is InChI=1S/C29H25N5O6S/c30-26(35)20-10-4-6-12-22(20)28(37)32-24-15-14-19(34-41(39,40)17-18-8-2-1-3-9-18)16-25(24)33-29(38)23-13-7-5-11-21(23)27(31)36/h1-16,34H,17H2,(H2,30,35)(H2,31,36)(H,32,37)(H,33,38). The molecule has 208 valence electrons. The van der Waals surface area contributed by atoms with Gasteiger partial charge in [-0.2, -0.15) is 0 Å². The number of sulfonamides is 1. The molecule has 7 N–H and O–H groups in total. The van der Waals surface area contributed by atoms with E-state index in [1.165, 1.54) is 42.5 Å². The first-order chi connectivity index (χ1) is 19.5. The number of rotatable bonds is 10. The van der Waals surface area contributed by atoms with Crippen LogP contribution in [-0.4, -0.2) is 32.0 Å². The molecule has 0 aliphatic rings. The molecule has 0 saturated carbocycles. The van der Waals surface area contributed by atoms with E-state index >= 15 is 0 Å². The number of benzene rings is 4. The lowest BCUT2D eigenvalue weighted by atomic mass is 10.1. The average molecular weight is 572 g/mol. The second kappa shape index (κ2) is 12.1. The first-order valence-electron chi connectivity index (χ1n) is 12.1. The maximum absolute atomic E-state index is 13.2. The molecule has 41 heavy (non-hydrogen) atoms. The molecule has 0 fully saturated rings. The molecule has 4 amide bonds. The zero-order valence-corrected chi connectivity index (χ0v) is 22.3. The van der Waals surface area contributed by atoms with Crippen molar-refractivity contribution >= 4 is 50.7 Å². The summed E-state index contributed by atoms with van der Waals surface area (Å²) in [6.45, 7) is 0. The molecule has 0 aromatic heterocycles. The Morgan fingerprint density at radius 3 is 1.56 bits per heavy atom. The fraction of sp³-hybridized carbons (Fsp3) is 0.0345. The zero-order chi connectivity index (χ0) is 29.6. The van der Waals surface area contributed by atoms with Gasteiger partial charge in [-0.1, -0.05) is 54.6 Å². The van der Waals surface area contributed by atoms with Crippen LogP contribution in [0.15, 0.2) is 97.1 Å². The molecule has 4 aromatic rings. The molecule has 0 unspecified atom stereocenters. The summed E-state index contributed by atoms with van der Waals surface area (Å²) in [6, 6.07) is 24.4. The molecular formula is C29H25N5O6S. The number of nitrogens with one attached hydrogen (secondary N) is 3. The lowest BCUT2D eigenvalue weighted by molar-refractivity contribution is 0.0975. The van der Waals surface area contributed by atoms with Crippen molar-refractivity contribution < 1.29 is 27.6 Å². The summed E-state index contributed by atoms with van der Waals surface area (Å²) >= 11 is 0. The molecule has 0 bridgehead atoms. The summed E-state index contributed by atoms with van der Waals surface area (Å²) in [5.41, 5.74) is 11.4. The molecule has 0 radical (unpaired) electrons. The summed E-state index contributed by atoms with van der Waals surface area (Å²) in [4.78, 5) is 50.0. The van der Waals surface area contributed by atoms with Gasteiger partial charge in [0.2, 0.25) is 21.8 Å². The van der Waals surface area contributed by atoms with Crippen molar-refractivity contribution in [3.8, 4) is 0 Å². The van der Waals surface area contributed by atoms with E-state index in [-0.39, 0.29) is 45.1 Å². The topological polar surface area (TPSA) is 191 Å². The Morgan fingerprint density at radius 1 is 0.585 bits per heavy atom. The van der Waals surface area contributed by atoms with Crippen LogP contribution in [0.3, 0.4) is 0 Å². The van der Waals surface area contributed by atoms with Crippen LogP contribution in [0, 0.1) is 0 Å². The highest BCUT2D eigenvalue weighted by atomic mass is 32.2. The Hall–Kier alpha value is -5.49. The van der Waals surface area contributed by atoms with Gasteiger partial charge in [0.15, 0.2) is 0 Å². The normalized spacial score (nSPS) is 10.8. The van der Waals surface area contributed by atoms with Gasteiger partial charge in [-0.15, -0.1) is 0 Å². The summed E-state index contributed by atoms with van der Waals surface area (Å²) in [6.07, 6.45) is 0. The monoisotopic (exact) mass is 571 g/mol. The quantitative estimate of drug-likeness (QED) is 0.194. The molecule has 12 heteroatoms. The largest absolute Gasteiger partial charge is 0.366 e. The van der Waals surface area contributed by atoms with Crippen molar-refractivity contribution in [2.45, 2.75) is 5.75 Å². The molecular weight excluding hydrogens is 546 g/mol. The van der Waals surface area contributed by atoms with Crippen LogP contribution in [-0.2, 0) is 15.8 Å². The summed E-state index contributed by atoms with van der Waals surface area (Å²) < 4.78 is 28.1. The molecule has 0 heterocycles. The van der Waals surface area contributed by atoms with Crippen LogP contribution in [0.25, 0.3) is 0 Å². The first kappa shape index (κ1) is 28.5. The minimum Gasteiger partial charge on any atom is -0.366 e. The van der Waals surface area contributed by atoms with Crippen molar-refractivity contribution in [2.75, 3.05) is 15.4 Å². The fourth-order valence-corrected chi connectivity index (χ4v) is 5.19. The zero-order valence-electron chi connectivity index (χ0n) is 21.5. The number of carbonyl (C=O) groups excluding carboxylic acids is 4. The number of carbonyl (C=O) groups is 4. The maximum Gasteiger partial charge on any atom is 0.256 e. The Morgan fingerprint density at radius 2 is 1.05 bits per heavy atom. The van der Waals surface area contributed by atoms with E-state index in [1.807, 2.05) is 0 Å². The van der Waals surface area contributed by atoms with Crippen LogP contribution in [0.1, 0.15) is 47.0 Å². The van der Waals surface area contributed by atoms with Gasteiger partial charge in [0, 0.05) is 0 Å². The van der Waals surface area contributed by atoms with Crippen LogP contribution in [0.2, 0.25) is 0 Å². The third-order valence-corrected chi connectivity index (χ3v) is 7.12. The van der Waals surface area contributed by atoms with Gasteiger partial charge < -0.3 is 22.1 Å². The van der Waals surface area contributed by atoms with E-state index in [0.717, 1.165) is 0 Å². The van der Waals surface area contributed by atoms with Crippen LogP contribution in [0.4, 0.5) is 17.1 Å². The summed E-state index contributed by atoms with van der Waals surface area (Å²) in [5, 5.41) is 5.22. The predicted octanol–water partition coefficient (Wildman–Crippen LogP) is 3.33. The lowest BCUT2D eigenvalue weighted by Gasteiger charge is -2.16. The Labute approximate surface area is 235 Å². The van der Waals surface area contributed by atoms with Gasteiger partial charge in [-0.3, -0.25) is 23.9 Å². The molecule has 0 aliphatic carbocycles. The third-order valence-electron chi connectivity index (χ3n) is 5.86. The number of anilines is 3. The Bertz CT molecular complexity index is 1760. The van der Waals surface area contributed by atoms with Crippen molar-refractivity contribution in [1.82, 2.24) is 0 Å². The highest BCUT2D eigenvalue weighted by Gasteiger charge is 2.20. The van der Waals surface area contributed by atoms with Crippen molar-refractivity contribution in [3.05, 3.63) is 125 Å². The minimum atomic E-state index is -3.86. The number of primary amides is 2. The molecule has 0 spiro atoms. The highest BCUT2D eigenvalue weighted by Crippen LogP contribution is 2.29. The van der Waals surface area contributed by atoms with E-state index in [1.54, 1.807) is 54.6 Å². The second-order valence-corrected chi connectivity index (χ2v) is 10.6. The molecule has 4 aromatic carbocycles. The average Bonchev–Trinajstić information content (AvgIpc) is 2.94. The number of amides is 4. The van der Waals surface area contributed by atoms with Gasteiger partial charge in [0.1, 0.15) is 0 Å². The molecule has 0 saturated heterocycles. The number of hydrogen-bond donors (Lipinski definition) is 5. The first-order valence-corrected chi connectivity index (χ1v) is 13.8. The minimum absolute atomic E-state index is 0.000842. The van der Waals surface area contributed by atoms with Crippen LogP contribution >= 0.6 is 0 Å². The van der Waals surface area contributed by atoms with E-state index in [2.05, 4.69) is 15.4 Å². The third kappa shape index (κ3) is 7.13. The SMILES string of the molecule is NC(=O)c1ccccc1C(=O)Nc1ccc(NS(=O)(=O)Cc2ccccc2)cc1NC(=O)c1ccccc1C(N)=O. The Balaban J connectivity index is 1.69. The smallest absolute Gasteiger partial charge is 0.256 e. The van der Waals surface area contributed by atoms with E-state index in [0.29, 0.717) is 5.56 Å². The molecule has 4 rings (SSSR count). The molecule has 11 nitrogen and oxygen atoms in total. The highest BCUT2D eigenvalue weighted by molar-refractivity contribution is 7.91. The predicted molar refractivity (Wildman–Crippen MR) is 155 cm³/mol. The Kier molecular flexibility index (Phi) is 8.44. The van der Waals surface area contributed by atoms with Crippen LogP contribution < -0.4 is 26.8 Å². The van der Waals surface area contributed by atoms with Gasteiger partial charge in [0.25, 0.3) is 11.8 Å². The van der Waals surface area contributed by atoms with E-state index in [9.17, 15) is 27.6 Å². The lowest BCUT2D eigenvalue weighted by Crippen LogP contribution is -2.23. The van der Waals surface area contributed by atoms with Gasteiger partial charge in [0.05, 0.1) is 45.1 Å². The van der Waals surface area contributed by atoms with E-state index < -0.39 is 33.7 Å². The molecule has 0 atom stereocenters. The van der Waals surface area contributed by atoms with Crippen molar-refractivity contribution in [1.29, 1.82) is 0 Å². The van der Waals surface area contributed by atoms with Crippen molar-refractivity contribution in [2.24, 2.45) is 11.5 Å². The summed E-state index contributed by atoms with van der Waals surface area (Å²) in [7, 11) is -3.86. The van der Waals surface area contributed by atoms with Gasteiger partial charge >= 0.3 is 0 Å².